The lowest BCUT2D eigenvalue weighted by molar-refractivity contribution is -0.137. The standard InChI is InChI=1S/C18H22Cl2N2O/c1-18(2)13(10-15(19)20)16(18)17(23)22-9-4-3-7-14(22)12-6-5-8-21-11-12/h5-6,8,10-11,13-14,16H,3-4,7,9H2,1-2H3/t13-,14+,16+/m0/s1. The van der Waals surface area contributed by atoms with Gasteiger partial charge in [0.25, 0.3) is 0 Å². The molecule has 1 aromatic heterocycles. The van der Waals surface area contributed by atoms with Crippen LogP contribution in [0, 0.1) is 17.3 Å². The van der Waals surface area contributed by atoms with Gasteiger partial charge in [-0.05, 0) is 48.3 Å². The minimum Gasteiger partial charge on any atom is -0.335 e. The Morgan fingerprint density at radius 3 is 2.83 bits per heavy atom. The molecular weight excluding hydrogens is 331 g/mol. The fourth-order valence-corrected chi connectivity index (χ4v) is 4.16. The summed E-state index contributed by atoms with van der Waals surface area (Å²) in [6.45, 7) is 5.03. The molecule has 1 aliphatic heterocycles. The van der Waals surface area contributed by atoms with Gasteiger partial charge < -0.3 is 4.90 Å². The number of piperidine rings is 1. The highest BCUT2D eigenvalue weighted by Crippen LogP contribution is 2.61. The summed E-state index contributed by atoms with van der Waals surface area (Å²) in [5.74, 6) is 0.308. The number of hydrogen-bond donors (Lipinski definition) is 0. The number of aromatic nitrogens is 1. The van der Waals surface area contributed by atoms with E-state index in [1.165, 1.54) is 0 Å². The molecule has 0 radical (unpaired) electrons. The summed E-state index contributed by atoms with van der Waals surface area (Å²) >= 11 is 11.6. The first-order chi connectivity index (χ1) is 10.9. The van der Waals surface area contributed by atoms with Crippen molar-refractivity contribution in [1.82, 2.24) is 9.88 Å². The van der Waals surface area contributed by atoms with Gasteiger partial charge in [0.05, 0.1) is 12.0 Å². The lowest BCUT2D eigenvalue weighted by Crippen LogP contribution is -2.40. The van der Waals surface area contributed by atoms with Gasteiger partial charge in [0, 0.05) is 18.9 Å². The van der Waals surface area contributed by atoms with E-state index in [1.54, 1.807) is 6.20 Å². The van der Waals surface area contributed by atoms with E-state index in [1.807, 2.05) is 23.2 Å². The highest BCUT2D eigenvalue weighted by Gasteiger charge is 2.62. The van der Waals surface area contributed by atoms with Crippen molar-refractivity contribution < 1.29 is 4.79 Å². The number of nitrogens with zero attached hydrogens (tertiary/aromatic N) is 2. The van der Waals surface area contributed by atoms with Crippen LogP contribution < -0.4 is 0 Å². The minimum absolute atomic E-state index is 0.0349. The van der Waals surface area contributed by atoms with E-state index in [9.17, 15) is 4.79 Å². The second kappa shape index (κ2) is 6.45. The molecule has 1 saturated carbocycles. The smallest absolute Gasteiger partial charge is 0.227 e. The van der Waals surface area contributed by atoms with Crippen LogP contribution in [0.15, 0.2) is 35.1 Å². The van der Waals surface area contributed by atoms with E-state index in [-0.39, 0.29) is 33.7 Å². The summed E-state index contributed by atoms with van der Waals surface area (Å²) in [5.41, 5.74) is 1.05. The Kier molecular flexibility index (Phi) is 4.70. The number of carbonyl (C=O) groups excluding carboxylic acids is 1. The number of halogens is 2. The van der Waals surface area contributed by atoms with Gasteiger partial charge in [0.2, 0.25) is 5.91 Å². The Bertz CT molecular complexity index is 611. The summed E-state index contributed by atoms with van der Waals surface area (Å²) in [6, 6.07) is 4.14. The fourth-order valence-electron chi connectivity index (χ4n) is 3.89. The second-order valence-corrected chi connectivity index (χ2v) is 8.12. The molecule has 0 unspecified atom stereocenters. The minimum atomic E-state index is -0.0803. The molecule has 2 heterocycles. The Morgan fingerprint density at radius 1 is 1.39 bits per heavy atom. The number of allylic oxidation sites excluding steroid dienone is 1. The maximum atomic E-state index is 13.1. The van der Waals surface area contributed by atoms with Crippen molar-refractivity contribution in [3.8, 4) is 0 Å². The number of likely N-dealkylation sites (tertiary alicyclic amines) is 1. The van der Waals surface area contributed by atoms with Crippen LogP contribution in [0.1, 0.15) is 44.7 Å². The van der Waals surface area contributed by atoms with Gasteiger partial charge in [-0.25, -0.2) is 0 Å². The molecule has 2 fully saturated rings. The molecule has 3 nitrogen and oxygen atoms in total. The van der Waals surface area contributed by atoms with Crippen LogP contribution in [0.25, 0.3) is 0 Å². The number of rotatable bonds is 3. The molecule has 2 aliphatic rings. The third kappa shape index (κ3) is 3.27. The third-order valence-corrected chi connectivity index (χ3v) is 5.59. The molecule has 0 bridgehead atoms. The zero-order chi connectivity index (χ0) is 16.6. The van der Waals surface area contributed by atoms with Gasteiger partial charge in [0.1, 0.15) is 4.49 Å². The normalized spacial score (nSPS) is 29.0. The fraction of sp³-hybridized carbons (Fsp3) is 0.556. The lowest BCUT2D eigenvalue weighted by atomic mass is 9.95. The van der Waals surface area contributed by atoms with Crippen molar-refractivity contribution in [2.45, 2.75) is 39.2 Å². The van der Waals surface area contributed by atoms with E-state index in [2.05, 4.69) is 24.9 Å². The topological polar surface area (TPSA) is 33.2 Å². The third-order valence-electron chi connectivity index (χ3n) is 5.34. The van der Waals surface area contributed by atoms with Crippen LogP contribution in [-0.4, -0.2) is 22.3 Å². The molecule has 0 spiro atoms. The second-order valence-electron chi connectivity index (χ2n) is 7.11. The molecule has 3 rings (SSSR count). The van der Waals surface area contributed by atoms with Gasteiger partial charge in [-0.15, -0.1) is 0 Å². The first-order valence-corrected chi connectivity index (χ1v) is 8.91. The molecule has 1 aliphatic carbocycles. The van der Waals surface area contributed by atoms with E-state index in [0.717, 1.165) is 31.4 Å². The van der Waals surface area contributed by atoms with Crippen LogP contribution >= 0.6 is 23.2 Å². The molecule has 1 saturated heterocycles. The van der Waals surface area contributed by atoms with Crippen molar-refractivity contribution >= 4 is 29.1 Å². The molecule has 3 atom stereocenters. The molecule has 1 amide bonds. The van der Waals surface area contributed by atoms with Crippen molar-refractivity contribution in [3.05, 3.63) is 40.7 Å². The molecule has 0 aromatic carbocycles. The van der Waals surface area contributed by atoms with Crippen molar-refractivity contribution in [2.75, 3.05) is 6.54 Å². The molecule has 124 valence electrons. The first-order valence-electron chi connectivity index (χ1n) is 8.16. The van der Waals surface area contributed by atoms with Crippen LogP contribution in [-0.2, 0) is 4.79 Å². The van der Waals surface area contributed by atoms with Gasteiger partial charge in [0.15, 0.2) is 0 Å². The number of carbonyl (C=O) groups is 1. The van der Waals surface area contributed by atoms with E-state index in [0.29, 0.717) is 0 Å². The van der Waals surface area contributed by atoms with Crippen LogP contribution in [0.3, 0.4) is 0 Å². The summed E-state index contributed by atoms with van der Waals surface area (Å²) in [7, 11) is 0. The van der Waals surface area contributed by atoms with Crippen molar-refractivity contribution in [3.63, 3.8) is 0 Å². The van der Waals surface area contributed by atoms with Crippen LogP contribution in [0.5, 0.6) is 0 Å². The Morgan fingerprint density at radius 2 is 2.17 bits per heavy atom. The number of hydrogen-bond acceptors (Lipinski definition) is 2. The van der Waals surface area contributed by atoms with Crippen LogP contribution in [0.4, 0.5) is 0 Å². The zero-order valence-electron chi connectivity index (χ0n) is 13.5. The van der Waals surface area contributed by atoms with Gasteiger partial charge in [-0.1, -0.05) is 43.1 Å². The molecule has 1 aromatic rings. The molecule has 0 N–H and O–H groups in total. The lowest BCUT2D eigenvalue weighted by Gasteiger charge is -2.36. The highest BCUT2D eigenvalue weighted by molar-refractivity contribution is 6.55. The summed E-state index contributed by atoms with van der Waals surface area (Å²) in [6.07, 6.45) is 8.67. The van der Waals surface area contributed by atoms with Crippen LogP contribution in [0.2, 0.25) is 0 Å². The van der Waals surface area contributed by atoms with Crippen molar-refractivity contribution in [2.24, 2.45) is 17.3 Å². The van der Waals surface area contributed by atoms with Gasteiger partial charge in [-0.3, -0.25) is 9.78 Å². The summed E-state index contributed by atoms with van der Waals surface area (Å²) in [5, 5.41) is 0. The average molecular weight is 353 g/mol. The van der Waals surface area contributed by atoms with E-state index >= 15 is 0 Å². The summed E-state index contributed by atoms with van der Waals surface area (Å²) < 4.78 is 0.251. The Balaban J connectivity index is 1.82. The Labute approximate surface area is 147 Å². The number of amides is 1. The predicted molar refractivity (Wildman–Crippen MR) is 93.1 cm³/mol. The van der Waals surface area contributed by atoms with Gasteiger partial charge in [-0.2, -0.15) is 0 Å². The molecule has 5 heteroatoms. The largest absolute Gasteiger partial charge is 0.335 e. The average Bonchev–Trinajstić information content (AvgIpc) is 3.07. The highest BCUT2D eigenvalue weighted by atomic mass is 35.5. The zero-order valence-corrected chi connectivity index (χ0v) is 15.0. The molecular formula is C18H22Cl2N2O. The first kappa shape index (κ1) is 16.8. The Hall–Kier alpha value is -1.06. The molecule has 23 heavy (non-hydrogen) atoms. The van der Waals surface area contributed by atoms with Crippen molar-refractivity contribution in [1.29, 1.82) is 0 Å². The number of pyridine rings is 1. The maximum Gasteiger partial charge on any atom is 0.227 e. The van der Waals surface area contributed by atoms with E-state index < -0.39 is 0 Å². The maximum absolute atomic E-state index is 13.1. The predicted octanol–water partition coefficient (Wildman–Crippen LogP) is 4.73. The van der Waals surface area contributed by atoms with E-state index in [4.69, 9.17) is 23.2 Å². The van der Waals surface area contributed by atoms with Gasteiger partial charge >= 0.3 is 0 Å². The summed E-state index contributed by atoms with van der Waals surface area (Å²) in [4.78, 5) is 19.4. The quantitative estimate of drug-likeness (QED) is 0.787. The monoisotopic (exact) mass is 352 g/mol. The SMILES string of the molecule is CC1(C)[C@@H](C=C(Cl)Cl)[C@@H]1C(=O)N1CCCC[C@@H]1c1cccnc1.